The van der Waals surface area contributed by atoms with Crippen molar-refractivity contribution in [1.29, 1.82) is 0 Å². The summed E-state index contributed by atoms with van der Waals surface area (Å²) in [4.78, 5) is 11.5. The first-order valence-electron chi connectivity index (χ1n) is 5.95. The molecule has 0 bridgehead atoms. The quantitative estimate of drug-likeness (QED) is 0.856. The number of carbonyl (C=O) groups is 1. The zero-order valence-electron chi connectivity index (χ0n) is 10.6. The summed E-state index contributed by atoms with van der Waals surface area (Å²) in [6.45, 7) is 1.94. The third kappa shape index (κ3) is 4.03. The van der Waals surface area contributed by atoms with E-state index in [1.54, 1.807) is 6.07 Å². The maximum atomic E-state index is 11.5. The molecule has 0 atom stereocenters. The van der Waals surface area contributed by atoms with Gasteiger partial charge in [-0.05, 0) is 30.7 Å². The number of rotatable bonds is 4. The summed E-state index contributed by atoms with van der Waals surface area (Å²) in [5.41, 5.74) is 0.904. The number of amides is 1. The van der Waals surface area contributed by atoms with Gasteiger partial charge in [0.25, 0.3) is 0 Å². The van der Waals surface area contributed by atoms with E-state index in [2.05, 4.69) is 5.32 Å². The van der Waals surface area contributed by atoms with Gasteiger partial charge in [-0.3, -0.25) is 5.32 Å². The molecule has 0 fully saturated rings. The van der Waals surface area contributed by atoms with E-state index in [1.165, 1.54) is 0 Å². The molecule has 0 aliphatic carbocycles. The van der Waals surface area contributed by atoms with Gasteiger partial charge in [-0.25, -0.2) is 4.79 Å². The minimum absolute atomic E-state index is 0.0642. The first kappa shape index (κ1) is 13.0. The Morgan fingerprint density at radius 2 is 1.74 bits per heavy atom. The first-order chi connectivity index (χ1) is 9.25. The molecule has 0 heterocycles. The van der Waals surface area contributed by atoms with Gasteiger partial charge in [-0.2, -0.15) is 0 Å². The van der Waals surface area contributed by atoms with E-state index < -0.39 is 6.09 Å². The van der Waals surface area contributed by atoms with Crippen LogP contribution in [0.5, 0.6) is 11.5 Å². The molecule has 1 amide bonds. The predicted molar refractivity (Wildman–Crippen MR) is 72.3 cm³/mol. The lowest BCUT2D eigenvalue weighted by molar-refractivity contribution is 0.185. The maximum absolute atomic E-state index is 11.5. The van der Waals surface area contributed by atoms with Crippen molar-refractivity contribution in [1.82, 2.24) is 5.32 Å². The Labute approximate surface area is 112 Å². The van der Waals surface area contributed by atoms with Crippen LogP contribution in [0, 0.1) is 6.92 Å². The molecule has 2 aromatic carbocycles. The second-order valence-corrected chi connectivity index (χ2v) is 3.93. The van der Waals surface area contributed by atoms with Crippen LogP contribution in [-0.4, -0.2) is 12.8 Å². The van der Waals surface area contributed by atoms with Crippen LogP contribution in [0.15, 0.2) is 54.6 Å². The summed E-state index contributed by atoms with van der Waals surface area (Å²) >= 11 is 0. The Balaban J connectivity index is 1.78. The normalized spacial score (nSPS) is 9.74. The fourth-order valence-electron chi connectivity index (χ4n) is 1.50. The average molecular weight is 257 g/mol. The molecular formula is C15H15NO3. The van der Waals surface area contributed by atoms with Crippen molar-refractivity contribution >= 4 is 6.09 Å². The molecule has 98 valence electrons. The zero-order chi connectivity index (χ0) is 13.5. The van der Waals surface area contributed by atoms with E-state index in [1.807, 2.05) is 55.5 Å². The third-order valence-corrected chi connectivity index (χ3v) is 2.49. The minimum atomic E-state index is -0.537. The van der Waals surface area contributed by atoms with Crippen LogP contribution in [-0.2, 0) is 0 Å². The molecule has 0 aliphatic heterocycles. The highest BCUT2D eigenvalue weighted by atomic mass is 16.6. The highest BCUT2D eigenvalue weighted by molar-refractivity contribution is 5.70. The van der Waals surface area contributed by atoms with Crippen molar-refractivity contribution in [2.24, 2.45) is 0 Å². The summed E-state index contributed by atoms with van der Waals surface area (Å²) in [5, 5.41) is 2.52. The van der Waals surface area contributed by atoms with Gasteiger partial charge in [0.15, 0.2) is 6.73 Å². The molecule has 0 aliphatic rings. The van der Waals surface area contributed by atoms with Gasteiger partial charge in [-0.1, -0.05) is 36.4 Å². The Morgan fingerprint density at radius 1 is 1.05 bits per heavy atom. The number of para-hydroxylation sites is 2. The van der Waals surface area contributed by atoms with Crippen LogP contribution >= 0.6 is 0 Å². The Morgan fingerprint density at radius 3 is 2.47 bits per heavy atom. The SMILES string of the molecule is Cc1ccccc1OC(=O)NCOc1ccccc1. The molecule has 19 heavy (non-hydrogen) atoms. The van der Waals surface area contributed by atoms with E-state index in [9.17, 15) is 4.79 Å². The third-order valence-electron chi connectivity index (χ3n) is 2.49. The van der Waals surface area contributed by atoms with Gasteiger partial charge >= 0.3 is 6.09 Å². The largest absolute Gasteiger partial charge is 0.473 e. The van der Waals surface area contributed by atoms with Crippen LogP contribution in [0.4, 0.5) is 4.79 Å². The monoisotopic (exact) mass is 257 g/mol. The number of carbonyl (C=O) groups excluding carboxylic acids is 1. The molecule has 0 unspecified atom stereocenters. The van der Waals surface area contributed by atoms with E-state index in [0.717, 1.165) is 5.56 Å². The lowest BCUT2D eigenvalue weighted by atomic mass is 10.2. The van der Waals surface area contributed by atoms with Crippen molar-refractivity contribution in [3.05, 3.63) is 60.2 Å². The molecule has 0 saturated heterocycles. The number of ether oxygens (including phenoxy) is 2. The number of hydrogen-bond acceptors (Lipinski definition) is 3. The van der Waals surface area contributed by atoms with Gasteiger partial charge in [-0.15, -0.1) is 0 Å². The first-order valence-corrected chi connectivity index (χ1v) is 5.95. The molecule has 4 heteroatoms. The summed E-state index contributed by atoms with van der Waals surface area (Å²) in [6, 6.07) is 16.6. The maximum Gasteiger partial charge on any atom is 0.415 e. The van der Waals surface area contributed by atoms with E-state index in [-0.39, 0.29) is 6.73 Å². The molecule has 1 N–H and O–H groups in total. The summed E-state index contributed by atoms with van der Waals surface area (Å²) < 4.78 is 10.5. The molecule has 0 spiro atoms. The van der Waals surface area contributed by atoms with Gasteiger partial charge in [0, 0.05) is 0 Å². The van der Waals surface area contributed by atoms with Gasteiger partial charge in [0.05, 0.1) is 0 Å². The molecule has 4 nitrogen and oxygen atoms in total. The average Bonchev–Trinajstić information content (AvgIpc) is 2.43. The van der Waals surface area contributed by atoms with Crippen molar-refractivity contribution in [3.63, 3.8) is 0 Å². The molecule has 0 radical (unpaired) electrons. The van der Waals surface area contributed by atoms with E-state index >= 15 is 0 Å². The molecule has 0 aromatic heterocycles. The molecular weight excluding hydrogens is 242 g/mol. The smallest absolute Gasteiger partial charge is 0.415 e. The van der Waals surface area contributed by atoms with Crippen LogP contribution in [0.3, 0.4) is 0 Å². The van der Waals surface area contributed by atoms with Crippen LogP contribution in [0.2, 0.25) is 0 Å². The van der Waals surface area contributed by atoms with Crippen molar-refractivity contribution in [2.75, 3.05) is 6.73 Å². The lowest BCUT2D eigenvalue weighted by Crippen LogP contribution is -2.30. The summed E-state index contributed by atoms with van der Waals surface area (Å²) in [7, 11) is 0. The summed E-state index contributed by atoms with van der Waals surface area (Å²) in [5.74, 6) is 1.23. The topological polar surface area (TPSA) is 47.6 Å². The van der Waals surface area contributed by atoms with E-state index in [0.29, 0.717) is 11.5 Å². The van der Waals surface area contributed by atoms with E-state index in [4.69, 9.17) is 9.47 Å². The molecule has 0 saturated carbocycles. The number of aryl methyl sites for hydroxylation is 1. The number of benzene rings is 2. The second kappa shape index (κ2) is 6.44. The zero-order valence-corrected chi connectivity index (χ0v) is 10.6. The van der Waals surface area contributed by atoms with Gasteiger partial charge in [0.2, 0.25) is 0 Å². The van der Waals surface area contributed by atoms with Gasteiger partial charge < -0.3 is 9.47 Å². The Hall–Kier alpha value is -2.49. The highest BCUT2D eigenvalue weighted by Gasteiger charge is 2.05. The number of nitrogens with one attached hydrogen (secondary N) is 1. The van der Waals surface area contributed by atoms with Crippen molar-refractivity contribution in [2.45, 2.75) is 6.92 Å². The van der Waals surface area contributed by atoms with Crippen LogP contribution in [0.1, 0.15) is 5.56 Å². The Bertz CT molecular complexity index is 540. The molecule has 2 rings (SSSR count). The van der Waals surface area contributed by atoms with Crippen LogP contribution < -0.4 is 14.8 Å². The second-order valence-electron chi connectivity index (χ2n) is 3.93. The number of hydrogen-bond donors (Lipinski definition) is 1. The van der Waals surface area contributed by atoms with Crippen molar-refractivity contribution in [3.8, 4) is 11.5 Å². The minimum Gasteiger partial charge on any atom is -0.473 e. The fourth-order valence-corrected chi connectivity index (χ4v) is 1.50. The predicted octanol–water partition coefficient (Wildman–Crippen LogP) is 3.12. The molecule has 2 aromatic rings. The summed E-state index contributed by atoms with van der Waals surface area (Å²) in [6.07, 6.45) is -0.537. The van der Waals surface area contributed by atoms with Gasteiger partial charge in [0.1, 0.15) is 11.5 Å². The highest BCUT2D eigenvalue weighted by Crippen LogP contribution is 2.16. The van der Waals surface area contributed by atoms with Crippen molar-refractivity contribution < 1.29 is 14.3 Å². The Kier molecular flexibility index (Phi) is 4.39. The lowest BCUT2D eigenvalue weighted by Gasteiger charge is -2.09. The standard InChI is InChI=1S/C15H15NO3/c1-12-7-5-6-10-14(12)19-15(17)16-11-18-13-8-3-2-4-9-13/h2-10H,11H2,1H3,(H,16,17). The fraction of sp³-hybridized carbons (Fsp3) is 0.133. The van der Waals surface area contributed by atoms with Crippen LogP contribution in [0.25, 0.3) is 0 Å².